The summed E-state index contributed by atoms with van der Waals surface area (Å²) < 4.78 is 5.16. The van der Waals surface area contributed by atoms with Crippen molar-refractivity contribution in [2.75, 3.05) is 33.8 Å². The molecule has 0 aromatic heterocycles. The van der Waals surface area contributed by atoms with E-state index in [1.807, 2.05) is 24.3 Å². The van der Waals surface area contributed by atoms with Crippen LogP contribution in [0.4, 0.5) is 0 Å². The molecule has 0 fully saturated rings. The third-order valence-corrected chi connectivity index (χ3v) is 3.30. The van der Waals surface area contributed by atoms with Crippen LogP contribution in [-0.4, -0.2) is 44.6 Å². The van der Waals surface area contributed by atoms with E-state index in [-0.39, 0.29) is 11.9 Å². The van der Waals surface area contributed by atoms with E-state index in [1.165, 1.54) is 0 Å². The Balaban J connectivity index is 2.89. The number of benzene rings is 1. The molecule has 0 aliphatic heterocycles. The van der Waals surface area contributed by atoms with Crippen LogP contribution in [0.5, 0.6) is 5.75 Å². The molecule has 0 bridgehead atoms. The number of nitrogens with zero attached hydrogens (tertiary/aromatic N) is 1. The molecule has 0 saturated carbocycles. The molecule has 1 atom stereocenters. The topological polar surface area (TPSA) is 67.6 Å². The van der Waals surface area contributed by atoms with Crippen LogP contribution in [0.25, 0.3) is 0 Å². The first-order chi connectivity index (χ1) is 9.65. The number of rotatable bonds is 8. The van der Waals surface area contributed by atoms with Crippen molar-refractivity contribution in [3.05, 3.63) is 29.8 Å². The van der Waals surface area contributed by atoms with Gasteiger partial charge in [0.05, 0.1) is 13.7 Å². The van der Waals surface area contributed by atoms with E-state index < -0.39 is 0 Å². The molecule has 1 amide bonds. The average Bonchev–Trinajstić information content (AvgIpc) is 2.48. The summed E-state index contributed by atoms with van der Waals surface area (Å²) in [4.78, 5) is 13.7. The van der Waals surface area contributed by atoms with Gasteiger partial charge in [-0.15, -0.1) is 0 Å². The van der Waals surface area contributed by atoms with Gasteiger partial charge in [0.1, 0.15) is 5.75 Å². The number of methoxy groups -OCH3 is 1. The van der Waals surface area contributed by atoms with Crippen molar-refractivity contribution in [1.82, 2.24) is 10.2 Å². The highest BCUT2D eigenvalue weighted by molar-refractivity contribution is 5.77. The van der Waals surface area contributed by atoms with Gasteiger partial charge in [0.15, 0.2) is 0 Å². The van der Waals surface area contributed by atoms with Crippen LogP contribution in [0.2, 0.25) is 0 Å². The first-order valence-corrected chi connectivity index (χ1v) is 6.94. The van der Waals surface area contributed by atoms with Gasteiger partial charge in [0, 0.05) is 19.6 Å². The van der Waals surface area contributed by atoms with Gasteiger partial charge in [-0.1, -0.05) is 19.1 Å². The minimum Gasteiger partial charge on any atom is -0.497 e. The Labute approximate surface area is 121 Å². The predicted molar refractivity (Wildman–Crippen MR) is 80.7 cm³/mol. The fraction of sp³-hybridized carbons (Fsp3) is 0.533. The van der Waals surface area contributed by atoms with E-state index in [0.29, 0.717) is 13.1 Å². The lowest BCUT2D eigenvalue weighted by molar-refractivity contribution is -0.122. The summed E-state index contributed by atoms with van der Waals surface area (Å²) in [6, 6.07) is 7.88. The zero-order chi connectivity index (χ0) is 15.0. The molecular weight excluding hydrogens is 254 g/mol. The molecule has 0 radical (unpaired) electrons. The quantitative estimate of drug-likeness (QED) is 0.749. The molecule has 0 saturated heterocycles. The number of amides is 1. The Bertz CT molecular complexity index is 406. The van der Waals surface area contributed by atoms with Crippen LogP contribution in [0.3, 0.4) is 0 Å². The molecule has 0 aliphatic rings. The van der Waals surface area contributed by atoms with Crippen molar-refractivity contribution in [3.8, 4) is 5.75 Å². The van der Waals surface area contributed by atoms with Crippen molar-refractivity contribution in [3.63, 3.8) is 0 Å². The summed E-state index contributed by atoms with van der Waals surface area (Å²) in [7, 11) is 3.29. The standard InChI is InChI=1S/C15H25N3O2/c1-4-9-18(11-15(19)17-2)14(10-16)12-5-7-13(20-3)8-6-12/h5-8,14H,4,9-11,16H2,1-3H3,(H,17,19). The molecule has 1 unspecified atom stereocenters. The van der Waals surface area contributed by atoms with Crippen molar-refractivity contribution in [2.24, 2.45) is 5.73 Å². The molecular formula is C15H25N3O2. The molecule has 0 heterocycles. The van der Waals surface area contributed by atoms with Crippen molar-refractivity contribution in [1.29, 1.82) is 0 Å². The van der Waals surface area contributed by atoms with E-state index in [4.69, 9.17) is 10.5 Å². The highest BCUT2D eigenvalue weighted by atomic mass is 16.5. The third kappa shape index (κ3) is 4.51. The Morgan fingerprint density at radius 1 is 1.40 bits per heavy atom. The summed E-state index contributed by atoms with van der Waals surface area (Å²) in [6.45, 7) is 3.77. The normalized spacial score (nSPS) is 12.2. The summed E-state index contributed by atoms with van der Waals surface area (Å²) in [5.74, 6) is 0.822. The van der Waals surface area contributed by atoms with Gasteiger partial charge in [0.25, 0.3) is 0 Å². The summed E-state index contributed by atoms with van der Waals surface area (Å²) in [5.41, 5.74) is 7.02. The number of nitrogens with two attached hydrogens (primary N) is 1. The molecule has 0 aliphatic carbocycles. The number of nitrogens with one attached hydrogen (secondary N) is 1. The van der Waals surface area contributed by atoms with Crippen LogP contribution >= 0.6 is 0 Å². The first kappa shape index (κ1) is 16.5. The van der Waals surface area contributed by atoms with Crippen molar-refractivity contribution >= 4 is 5.91 Å². The Morgan fingerprint density at radius 3 is 2.50 bits per heavy atom. The van der Waals surface area contributed by atoms with Crippen LogP contribution in [-0.2, 0) is 4.79 Å². The minimum atomic E-state index is 0.00501. The molecule has 20 heavy (non-hydrogen) atoms. The lowest BCUT2D eigenvalue weighted by Gasteiger charge is -2.30. The Kier molecular flexibility index (Phi) is 7.04. The SMILES string of the molecule is CCCN(CC(=O)NC)C(CN)c1ccc(OC)cc1. The maximum absolute atomic E-state index is 11.6. The van der Waals surface area contributed by atoms with Crippen LogP contribution in [0, 0.1) is 0 Å². The van der Waals surface area contributed by atoms with E-state index in [0.717, 1.165) is 24.3 Å². The number of ether oxygens (including phenoxy) is 1. The lowest BCUT2D eigenvalue weighted by atomic mass is 10.0. The highest BCUT2D eigenvalue weighted by Crippen LogP contribution is 2.22. The fourth-order valence-electron chi connectivity index (χ4n) is 2.22. The smallest absolute Gasteiger partial charge is 0.233 e. The van der Waals surface area contributed by atoms with Gasteiger partial charge in [-0.2, -0.15) is 0 Å². The average molecular weight is 279 g/mol. The largest absolute Gasteiger partial charge is 0.497 e. The molecule has 0 spiro atoms. The number of carbonyl (C=O) groups is 1. The van der Waals surface area contributed by atoms with E-state index in [2.05, 4.69) is 17.1 Å². The van der Waals surface area contributed by atoms with E-state index in [9.17, 15) is 4.79 Å². The van der Waals surface area contributed by atoms with Gasteiger partial charge >= 0.3 is 0 Å². The van der Waals surface area contributed by atoms with Crippen LogP contribution in [0.15, 0.2) is 24.3 Å². The monoisotopic (exact) mass is 279 g/mol. The summed E-state index contributed by atoms with van der Waals surface area (Å²) in [6.07, 6.45) is 0.976. The first-order valence-electron chi connectivity index (χ1n) is 6.94. The summed E-state index contributed by atoms with van der Waals surface area (Å²) >= 11 is 0. The maximum Gasteiger partial charge on any atom is 0.233 e. The van der Waals surface area contributed by atoms with E-state index >= 15 is 0 Å². The number of hydrogen-bond donors (Lipinski definition) is 2. The van der Waals surface area contributed by atoms with Gasteiger partial charge in [0.2, 0.25) is 5.91 Å². The molecule has 112 valence electrons. The van der Waals surface area contributed by atoms with Crippen LogP contribution in [0.1, 0.15) is 24.9 Å². The second-order valence-corrected chi connectivity index (χ2v) is 4.67. The van der Waals surface area contributed by atoms with E-state index in [1.54, 1.807) is 14.2 Å². The van der Waals surface area contributed by atoms with Gasteiger partial charge in [-0.25, -0.2) is 0 Å². The second-order valence-electron chi connectivity index (χ2n) is 4.67. The number of hydrogen-bond acceptors (Lipinski definition) is 4. The predicted octanol–water partition coefficient (Wildman–Crippen LogP) is 1.15. The molecule has 5 heteroatoms. The molecule has 5 nitrogen and oxygen atoms in total. The number of carbonyl (C=O) groups excluding carboxylic acids is 1. The van der Waals surface area contributed by atoms with Crippen molar-refractivity contribution < 1.29 is 9.53 Å². The zero-order valence-corrected chi connectivity index (χ0v) is 12.6. The second kappa shape index (κ2) is 8.55. The van der Waals surface area contributed by atoms with Gasteiger partial charge in [-0.3, -0.25) is 9.69 Å². The maximum atomic E-state index is 11.6. The van der Waals surface area contributed by atoms with Crippen molar-refractivity contribution in [2.45, 2.75) is 19.4 Å². The molecule has 3 N–H and O–H groups in total. The Morgan fingerprint density at radius 2 is 2.05 bits per heavy atom. The number of likely N-dealkylation sites (N-methyl/N-ethyl adjacent to an activating group) is 1. The highest BCUT2D eigenvalue weighted by Gasteiger charge is 2.20. The zero-order valence-electron chi connectivity index (χ0n) is 12.6. The Hall–Kier alpha value is -1.59. The third-order valence-electron chi connectivity index (χ3n) is 3.30. The minimum absolute atomic E-state index is 0.00501. The molecule has 1 rings (SSSR count). The lowest BCUT2D eigenvalue weighted by Crippen LogP contribution is -2.41. The fourth-order valence-corrected chi connectivity index (χ4v) is 2.22. The molecule has 1 aromatic carbocycles. The van der Waals surface area contributed by atoms with Crippen LogP contribution < -0.4 is 15.8 Å². The summed E-state index contributed by atoms with van der Waals surface area (Å²) in [5, 5.41) is 2.66. The van der Waals surface area contributed by atoms with Gasteiger partial charge < -0.3 is 15.8 Å². The van der Waals surface area contributed by atoms with Gasteiger partial charge in [-0.05, 0) is 30.7 Å². The molecule has 1 aromatic rings.